The van der Waals surface area contributed by atoms with Crippen LogP contribution in [0.25, 0.3) is 11.3 Å². The number of rotatable bonds is 5. The molecule has 11 heteroatoms. The van der Waals surface area contributed by atoms with E-state index in [0.29, 0.717) is 24.3 Å². The van der Waals surface area contributed by atoms with Crippen LogP contribution in [0.4, 0.5) is 4.39 Å². The van der Waals surface area contributed by atoms with Crippen molar-refractivity contribution < 1.29 is 28.5 Å². The second-order valence-electron chi connectivity index (χ2n) is 7.97. The van der Waals surface area contributed by atoms with Crippen molar-refractivity contribution in [1.82, 2.24) is 15.0 Å². The van der Waals surface area contributed by atoms with Crippen LogP contribution in [-0.2, 0) is 18.9 Å². The predicted molar refractivity (Wildman–Crippen MR) is 109 cm³/mol. The van der Waals surface area contributed by atoms with E-state index in [1.807, 2.05) is 13.8 Å². The lowest BCUT2D eigenvalue weighted by Crippen LogP contribution is -2.62. The molecule has 168 valence electrons. The summed E-state index contributed by atoms with van der Waals surface area (Å²) in [6, 6.07) is 3.77. The van der Waals surface area contributed by atoms with Crippen molar-refractivity contribution in [1.29, 1.82) is 0 Å². The minimum absolute atomic E-state index is 0.267. The maximum atomic E-state index is 13.8. The largest absolute Gasteiger partial charge is 0.411 e. The summed E-state index contributed by atoms with van der Waals surface area (Å²) in [6.45, 7) is 3.97. The van der Waals surface area contributed by atoms with Gasteiger partial charge in [-0.15, -0.1) is 10.3 Å². The molecular weight excluding hydrogens is 431 g/mol. The minimum atomic E-state index is -0.819. The molecule has 1 aromatic heterocycles. The van der Waals surface area contributed by atoms with E-state index < -0.39 is 42.1 Å². The highest BCUT2D eigenvalue weighted by Crippen LogP contribution is 2.40. The summed E-state index contributed by atoms with van der Waals surface area (Å²) in [7, 11) is 1.57. The molecule has 0 radical (unpaired) electrons. The number of methoxy groups -OCH3 is 1. The Bertz CT molecular complexity index is 935. The molecule has 0 spiro atoms. The third-order valence-electron chi connectivity index (χ3n) is 5.44. The number of aromatic nitrogens is 3. The Labute approximate surface area is 183 Å². The standard InChI is InChI=1S/C20H24ClFN4O5/c1-20(2)29-10-16-19(31-20)17(18(28-3)15(30-16)4-5-23-27)26-9-14(24-25-26)11-6-12(21)8-13(22)7-11/h5-9,15-19,27H,4,10H2,1-3H3/t15-,16-,17-,18+,19+/m1/s1. The highest BCUT2D eigenvalue weighted by molar-refractivity contribution is 6.30. The fourth-order valence-electron chi connectivity index (χ4n) is 4.12. The minimum Gasteiger partial charge on any atom is -0.411 e. The maximum absolute atomic E-state index is 13.8. The van der Waals surface area contributed by atoms with Gasteiger partial charge >= 0.3 is 0 Å². The number of hydrogen-bond acceptors (Lipinski definition) is 8. The summed E-state index contributed by atoms with van der Waals surface area (Å²) in [5.74, 6) is -1.28. The number of halogens is 2. The van der Waals surface area contributed by atoms with E-state index in [1.165, 1.54) is 18.3 Å². The van der Waals surface area contributed by atoms with Crippen molar-refractivity contribution in [2.45, 2.75) is 56.5 Å². The van der Waals surface area contributed by atoms with E-state index >= 15 is 0 Å². The summed E-state index contributed by atoms with van der Waals surface area (Å²) in [5, 5.41) is 20.7. The quantitative estimate of drug-likeness (QED) is 0.421. The second kappa shape index (κ2) is 8.79. The molecule has 3 heterocycles. The number of ether oxygens (including phenoxy) is 4. The molecule has 4 rings (SSSR count). The van der Waals surface area contributed by atoms with Crippen LogP contribution in [0.3, 0.4) is 0 Å². The zero-order valence-corrected chi connectivity index (χ0v) is 18.1. The van der Waals surface area contributed by atoms with Crippen LogP contribution in [0.2, 0.25) is 5.02 Å². The van der Waals surface area contributed by atoms with Crippen LogP contribution in [-0.4, -0.2) is 70.3 Å². The number of benzene rings is 1. The molecule has 31 heavy (non-hydrogen) atoms. The van der Waals surface area contributed by atoms with Crippen LogP contribution in [0.1, 0.15) is 26.3 Å². The smallest absolute Gasteiger partial charge is 0.163 e. The predicted octanol–water partition coefficient (Wildman–Crippen LogP) is 3.06. The summed E-state index contributed by atoms with van der Waals surface area (Å²) in [4.78, 5) is 0. The zero-order valence-electron chi connectivity index (χ0n) is 17.3. The molecule has 9 nitrogen and oxygen atoms in total. The van der Waals surface area contributed by atoms with Crippen LogP contribution in [0.15, 0.2) is 29.6 Å². The van der Waals surface area contributed by atoms with Crippen molar-refractivity contribution in [3.8, 4) is 11.3 Å². The normalized spacial score (nSPS) is 30.4. The molecule has 0 amide bonds. The van der Waals surface area contributed by atoms with Gasteiger partial charge in [0.15, 0.2) is 5.79 Å². The number of oxime groups is 1. The molecule has 1 N–H and O–H groups in total. The average Bonchev–Trinajstić information content (AvgIpc) is 3.20. The Morgan fingerprint density at radius 1 is 1.42 bits per heavy atom. The van der Waals surface area contributed by atoms with Gasteiger partial charge in [0.05, 0.1) is 18.9 Å². The van der Waals surface area contributed by atoms with E-state index in [-0.39, 0.29) is 5.02 Å². The first-order valence-corrected chi connectivity index (χ1v) is 10.2. The third kappa shape index (κ3) is 4.58. The number of fused-ring (bicyclic) bond motifs is 1. The Hall–Kier alpha value is -2.11. The van der Waals surface area contributed by atoms with E-state index in [2.05, 4.69) is 15.5 Å². The van der Waals surface area contributed by atoms with E-state index in [0.717, 1.165) is 0 Å². The Morgan fingerprint density at radius 3 is 2.94 bits per heavy atom. The highest BCUT2D eigenvalue weighted by atomic mass is 35.5. The first kappa shape index (κ1) is 22.1. The van der Waals surface area contributed by atoms with Gasteiger partial charge in [-0.3, -0.25) is 0 Å². The summed E-state index contributed by atoms with van der Waals surface area (Å²) >= 11 is 5.99. The number of nitrogens with zero attached hydrogens (tertiary/aromatic N) is 4. The third-order valence-corrected chi connectivity index (χ3v) is 5.65. The summed E-state index contributed by atoms with van der Waals surface area (Å²) in [6.07, 6.45) is 1.62. The molecule has 2 fully saturated rings. The molecule has 1 aromatic carbocycles. The van der Waals surface area contributed by atoms with Gasteiger partial charge in [0.25, 0.3) is 0 Å². The van der Waals surface area contributed by atoms with E-state index in [4.69, 9.17) is 35.8 Å². The Morgan fingerprint density at radius 2 is 2.23 bits per heavy atom. The Balaban J connectivity index is 1.72. The average molecular weight is 455 g/mol. The topological polar surface area (TPSA) is 100 Å². The lowest BCUT2D eigenvalue weighted by molar-refractivity contribution is -0.349. The SMILES string of the molecule is CO[C@@H]1[C@@H](n2cc(-c3cc(F)cc(Cl)c3)nn2)[C@H]2OC(C)(C)OC[C@H]2O[C@@H]1CC=NO. The van der Waals surface area contributed by atoms with Gasteiger partial charge in [-0.2, -0.15) is 0 Å². The monoisotopic (exact) mass is 454 g/mol. The first-order chi connectivity index (χ1) is 14.8. The van der Waals surface area contributed by atoms with Crippen molar-refractivity contribution in [3.05, 3.63) is 35.2 Å². The van der Waals surface area contributed by atoms with Crippen LogP contribution >= 0.6 is 11.6 Å². The number of hydrogen-bond donors (Lipinski definition) is 1. The molecule has 0 unspecified atom stereocenters. The molecule has 0 bridgehead atoms. The van der Waals surface area contributed by atoms with Crippen molar-refractivity contribution >= 4 is 17.8 Å². The molecular formula is C20H24ClFN4O5. The molecule has 0 aliphatic carbocycles. The van der Waals surface area contributed by atoms with Crippen molar-refractivity contribution in [2.24, 2.45) is 5.16 Å². The van der Waals surface area contributed by atoms with Gasteiger partial charge < -0.3 is 24.2 Å². The van der Waals surface area contributed by atoms with Crippen LogP contribution in [0.5, 0.6) is 0 Å². The molecule has 2 aromatic rings. The highest BCUT2D eigenvalue weighted by Gasteiger charge is 2.52. The van der Waals surface area contributed by atoms with Gasteiger partial charge in [0.2, 0.25) is 0 Å². The van der Waals surface area contributed by atoms with Crippen LogP contribution in [0, 0.1) is 5.82 Å². The fraction of sp³-hybridized carbons (Fsp3) is 0.550. The van der Waals surface area contributed by atoms with E-state index in [1.54, 1.807) is 24.1 Å². The van der Waals surface area contributed by atoms with Gasteiger partial charge in [-0.1, -0.05) is 16.8 Å². The lowest BCUT2D eigenvalue weighted by atomic mass is 9.90. The second-order valence-corrected chi connectivity index (χ2v) is 8.41. The summed E-state index contributed by atoms with van der Waals surface area (Å²) in [5.41, 5.74) is 0.963. The molecule has 2 aliphatic heterocycles. The van der Waals surface area contributed by atoms with Crippen molar-refractivity contribution in [3.63, 3.8) is 0 Å². The Kier molecular flexibility index (Phi) is 6.27. The molecule has 0 saturated carbocycles. The van der Waals surface area contributed by atoms with Gasteiger partial charge in [0.1, 0.15) is 35.9 Å². The maximum Gasteiger partial charge on any atom is 0.163 e. The van der Waals surface area contributed by atoms with Gasteiger partial charge in [-0.25, -0.2) is 9.07 Å². The fourth-order valence-corrected chi connectivity index (χ4v) is 4.34. The van der Waals surface area contributed by atoms with Gasteiger partial charge in [-0.05, 0) is 32.0 Å². The van der Waals surface area contributed by atoms with Crippen LogP contribution < -0.4 is 0 Å². The molecule has 2 saturated heterocycles. The molecule has 5 atom stereocenters. The first-order valence-electron chi connectivity index (χ1n) is 9.85. The van der Waals surface area contributed by atoms with Crippen molar-refractivity contribution in [2.75, 3.05) is 13.7 Å². The molecule has 2 aliphatic rings. The lowest BCUT2D eigenvalue weighted by Gasteiger charge is -2.50. The zero-order chi connectivity index (χ0) is 22.2. The summed E-state index contributed by atoms with van der Waals surface area (Å²) < 4.78 is 39.4. The van der Waals surface area contributed by atoms with Gasteiger partial charge in [0, 0.05) is 30.3 Å². The van der Waals surface area contributed by atoms with E-state index in [9.17, 15) is 4.39 Å².